The SMILES string of the molecule is CC(C)(C)C1=C([SiH3])CC(c2ccc(CN)cc2)=C1c1ccccc1. The standard InChI is InChI=1S/C22H27NSi/c1-22(2,3)21-19(24)13-18(16-11-9-15(14-23)10-12-16)20(21)17-7-5-4-6-8-17/h4-12H,13-14,23H2,1-3,24H3. The molecule has 0 unspecified atom stereocenters. The molecule has 0 spiro atoms. The van der Waals surface area contributed by atoms with E-state index in [1.165, 1.54) is 27.8 Å². The second-order valence-electron chi connectivity index (χ2n) is 7.70. The van der Waals surface area contributed by atoms with Crippen molar-refractivity contribution in [3.8, 4) is 0 Å². The van der Waals surface area contributed by atoms with Crippen LogP contribution in [0.5, 0.6) is 0 Å². The van der Waals surface area contributed by atoms with Gasteiger partial charge in [-0.3, -0.25) is 0 Å². The lowest BCUT2D eigenvalue weighted by Crippen LogP contribution is -2.12. The highest BCUT2D eigenvalue weighted by molar-refractivity contribution is 6.27. The van der Waals surface area contributed by atoms with Gasteiger partial charge in [-0.15, -0.1) is 0 Å². The van der Waals surface area contributed by atoms with Gasteiger partial charge >= 0.3 is 0 Å². The van der Waals surface area contributed by atoms with E-state index in [9.17, 15) is 0 Å². The number of hydrogen-bond acceptors (Lipinski definition) is 1. The number of rotatable bonds is 3. The quantitative estimate of drug-likeness (QED) is 0.840. The Kier molecular flexibility index (Phi) is 4.61. The average molecular weight is 334 g/mol. The van der Waals surface area contributed by atoms with E-state index in [4.69, 9.17) is 5.73 Å². The van der Waals surface area contributed by atoms with Gasteiger partial charge in [-0.1, -0.05) is 80.6 Å². The van der Waals surface area contributed by atoms with Crippen LogP contribution >= 0.6 is 0 Å². The number of allylic oxidation sites excluding steroid dienone is 4. The lowest BCUT2D eigenvalue weighted by molar-refractivity contribution is 0.520. The molecule has 24 heavy (non-hydrogen) atoms. The maximum absolute atomic E-state index is 5.76. The zero-order valence-electron chi connectivity index (χ0n) is 15.2. The first-order valence-electron chi connectivity index (χ1n) is 8.70. The van der Waals surface area contributed by atoms with E-state index in [1.54, 1.807) is 10.8 Å². The maximum atomic E-state index is 5.76. The van der Waals surface area contributed by atoms with Crippen molar-refractivity contribution < 1.29 is 0 Å². The first-order valence-corrected chi connectivity index (χ1v) is 9.70. The molecule has 1 nitrogen and oxygen atoms in total. The van der Waals surface area contributed by atoms with E-state index >= 15 is 0 Å². The van der Waals surface area contributed by atoms with Crippen molar-refractivity contribution in [2.75, 3.05) is 0 Å². The Morgan fingerprint density at radius 2 is 1.54 bits per heavy atom. The van der Waals surface area contributed by atoms with Gasteiger partial charge in [0.2, 0.25) is 0 Å². The summed E-state index contributed by atoms with van der Waals surface area (Å²) >= 11 is 0. The van der Waals surface area contributed by atoms with Crippen LogP contribution in [0.15, 0.2) is 65.4 Å². The van der Waals surface area contributed by atoms with Gasteiger partial charge in [-0.25, -0.2) is 0 Å². The van der Waals surface area contributed by atoms with E-state index in [1.807, 2.05) is 0 Å². The van der Waals surface area contributed by atoms with E-state index < -0.39 is 0 Å². The first kappa shape index (κ1) is 16.9. The Balaban J connectivity index is 2.19. The Morgan fingerprint density at radius 1 is 0.917 bits per heavy atom. The first-order chi connectivity index (χ1) is 11.4. The molecule has 2 aromatic rings. The molecular formula is C22H27NSi. The molecule has 0 atom stereocenters. The van der Waals surface area contributed by atoms with E-state index in [-0.39, 0.29) is 5.41 Å². The lowest BCUT2D eigenvalue weighted by Gasteiger charge is -2.26. The van der Waals surface area contributed by atoms with E-state index in [2.05, 4.69) is 75.4 Å². The van der Waals surface area contributed by atoms with Gasteiger partial charge in [0.15, 0.2) is 0 Å². The van der Waals surface area contributed by atoms with Gasteiger partial charge in [-0.05, 0) is 45.2 Å². The molecule has 0 saturated carbocycles. The maximum Gasteiger partial charge on any atom is 0.0341 e. The fraction of sp³-hybridized carbons (Fsp3) is 0.273. The summed E-state index contributed by atoms with van der Waals surface area (Å²) in [4.78, 5) is 0. The highest BCUT2D eigenvalue weighted by Crippen LogP contribution is 2.49. The van der Waals surface area contributed by atoms with Gasteiger partial charge in [0.05, 0.1) is 0 Å². The molecule has 2 heteroatoms. The molecule has 0 saturated heterocycles. The van der Waals surface area contributed by atoms with Crippen molar-refractivity contribution in [1.29, 1.82) is 0 Å². The van der Waals surface area contributed by atoms with Gasteiger partial charge in [-0.2, -0.15) is 0 Å². The number of hydrogen-bond donors (Lipinski definition) is 1. The molecule has 0 fully saturated rings. The van der Waals surface area contributed by atoms with Crippen LogP contribution in [0.25, 0.3) is 11.1 Å². The van der Waals surface area contributed by atoms with Gasteiger partial charge < -0.3 is 5.73 Å². The van der Waals surface area contributed by atoms with Crippen LogP contribution in [0.1, 0.15) is 43.9 Å². The normalized spacial score (nSPS) is 15.5. The molecule has 0 radical (unpaired) electrons. The molecule has 1 aliphatic carbocycles. The van der Waals surface area contributed by atoms with Gasteiger partial charge in [0, 0.05) is 16.8 Å². The lowest BCUT2D eigenvalue weighted by atomic mass is 9.80. The number of benzene rings is 2. The van der Waals surface area contributed by atoms with Crippen molar-refractivity contribution in [2.24, 2.45) is 11.1 Å². The topological polar surface area (TPSA) is 26.0 Å². The van der Waals surface area contributed by atoms with Crippen molar-refractivity contribution in [2.45, 2.75) is 33.7 Å². The number of nitrogens with two attached hydrogens (primary N) is 1. The highest BCUT2D eigenvalue weighted by atomic mass is 28.1. The van der Waals surface area contributed by atoms with Crippen LogP contribution in [0.2, 0.25) is 0 Å². The molecule has 2 aromatic carbocycles. The summed E-state index contributed by atoms with van der Waals surface area (Å²) in [5, 5.41) is 1.62. The predicted octanol–water partition coefficient (Wildman–Crippen LogP) is 4.13. The van der Waals surface area contributed by atoms with Crippen molar-refractivity contribution >= 4 is 21.4 Å². The molecule has 0 heterocycles. The average Bonchev–Trinajstić information content (AvgIpc) is 2.93. The fourth-order valence-electron chi connectivity index (χ4n) is 3.83. The Bertz CT molecular complexity index is 790. The zero-order chi connectivity index (χ0) is 17.3. The van der Waals surface area contributed by atoms with Gasteiger partial charge in [0.1, 0.15) is 0 Å². The Labute approximate surface area is 148 Å². The van der Waals surface area contributed by atoms with Crippen LogP contribution in [-0.4, -0.2) is 10.2 Å². The molecule has 0 aliphatic heterocycles. The molecule has 0 aromatic heterocycles. The summed E-state index contributed by atoms with van der Waals surface area (Å²) in [7, 11) is 1.11. The third-order valence-corrected chi connectivity index (χ3v) is 5.62. The third-order valence-electron chi connectivity index (χ3n) is 4.77. The van der Waals surface area contributed by atoms with Crippen LogP contribution in [0.3, 0.4) is 0 Å². The van der Waals surface area contributed by atoms with Crippen molar-refractivity contribution in [3.05, 3.63) is 82.1 Å². The second kappa shape index (κ2) is 6.54. The smallest absolute Gasteiger partial charge is 0.0341 e. The second-order valence-corrected chi connectivity index (χ2v) is 8.91. The monoisotopic (exact) mass is 333 g/mol. The molecule has 2 N–H and O–H groups in total. The predicted molar refractivity (Wildman–Crippen MR) is 109 cm³/mol. The summed E-state index contributed by atoms with van der Waals surface area (Å²) in [5.41, 5.74) is 14.3. The van der Waals surface area contributed by atoms with Crippen LogP contribution < -0.4 is 5.73 Å². The summed E-state index contributed by atoms with van der Waals surface area (Å²) in [6, 6.07) is 19.7. The summed E-state index contributed by atoms with van der Waals surface area (Å²) in [6.07, 6.45) is 1.09. The van der Waals surface area contributed by atoms with Crippen LogP contribution in [0.4, 0.5) is 0 Å². The van der Waals surface area contributed by atoms with Crippen molar-refractivity contribution in [3.63, 3.8) is 0 Å². The zero-order valence-corrected chi connectivity index (χ0v) is 17.2. The van der Waals surface area contributed by atoms with E-state index in [0.717, 1.165) is 16.7 Å². The Hall–Kier alpha value is -1.90. The molecule has 1 aliphatic rings. The fourth-order valence-corrected chi connectivity index (χ4v) is 5.19. The minimum atomic E-state index is 0.168. The summed E-state index contributed by atoms with van der Waals surface area (Å²) in [6.45, 7) is 7.61. The molecule has 3 rings (SSSR count). The van der Waals surface area contributed by atoms with Crippen LogP contribution in [0, 0.1) is 5.41 Å². The van der Waals surface area contributed by atoms with E-state index in [0.29, 0.717) is 6.54 Å². The highest BCUT2D eigenvalue weighted by Gasteiger charge is 2.31. The molecule has 0 amide bonds. The van der Waals surface area contributed by atoms with Gasteiger partial charge in [0.25, 0.3) is 0 Å². The molecular weight excluding hydrogens is 306 g/mol. The summed E-state index contributed by atoms with van der Waals surface area (Å²) in [5.74, 6) is 0. The third kappa shape index (κ3) is 3.17. The minimum Gasteiger partial charge on any atom is -0.326 e. The largest absolute Gasteiger partial charge is 0.326 e. The molecule has 0 bridgehead atoms. The Morgan fingerprint density at radius 3 is 2.08 bits per heavy atom. The summed E-state index contributed by atoms with van der Waals surface area (Å²) < 4.78 is 0. The van der Waals surface area contributed by atoms with Crippen molar-refractivity contribution in [1.82, 2.24) is 0 Å². The molecule has 124 valence electrons. The minimum absolute atomic E-state index is 0.168. The van der Waals surface area contributed by atoms with Crippen LogP contribution in [-0.2, 0) is 6.54 Å².